The minimum Gasteiger partial charge on any atom is -0.371 e. The molecule has 9 heteroatoms. The Labute approximate surface area is 146 Å². The van der Waals surface area contributed by atoms with E-state index in [0.29, 0.717) is 25.0 Å². The van der Waals surface area contributed by atoms with Gasteiger partial charge in [-0.1, -0.05) is 33.6 Å². The maximum Gasteiger partial charge on any atom is 0.291 e. The van der Waals surface area contributed by atoms with Crippen molar-refractivity contribution >= 4 is 5.91 Å². The molecule has 0 radical (unpaired) electrons. The molecule has 3 heterocycles. The van der Waals surface area contributed by atoms with Gasteiger partial charge in [0.1, 0.15) is 12.7 Å². The molecular weight excluding hydrogens is 322 g/mol. The summed E-state index contributed by atoms with van der Waals surface area (Å²) < 4.78 is 7.72. The molecule has 2 aromatic heterocycles. The number of amides is 1. The van der Waals surface area contributed by atoms with Crippen LogP contribution >= 0.6 is 0 Å². The van der Waals surface area contributed by atoms with Gasteiger partial charge in [0, 0.05) is 13.1 Å². The maximum atomic E-state index is 12.9. The van der Waals surface area contributed by atoms with E-state index in [1.54, 1.807) is 4.57 Å². The van der Waals surface area contributed by atoms with Crippen LogP contribution in [0.1, 0.15) is 50.7 Å². The fourth-order valence-electron chi connectivity index (χ4n) is 2.91. The number of aromatic amines is 1. The highest BCUT2D eigenvalue weighted by molar-refractivity contribution is 5.90. The van der Waals surface area contributed by atoms with Crippen LogP contribution in [0.4, 0.5) is 0 Å². The number of hydrogen-bond acceptors (Lipinski definition) is 6. The lowest BCUT2D eigenvalue weighted by atomic mass is 10.0. The first-order valence-electron chi connectivity index (χ1n) is 8.80. The summed E-state index contributed by atoms with van der Waals surface area (Å²) in [4.78, 5) is 19.0. The number of carbonyl (C=O) groups is 1. The minimum atomic E-state index is -0.151. The number of morpholine rings is 1. The molecule has 0 aliphatic carbocycles. The quantitative estimate of drug-likeness (QED) is 0.848. The molecule has 1 saturated heterocycles. The van der Waals surface area contributed by atoms with Gasteiger partial charge >= 0.3 is 0 Å². The molecule has 2 atom stereocenters. The van der Waals surface area contributed by atoms with Crippen molar-refractivity contribution in [1.29, 1.82) is 0 Å². The molecular formula is C16H25N7O2. The van der Waals surface area contributed by atoms with Crippen LogP contribution in [0.15, 0.2) is 12.7 Å². The summed E-state index contributed by atoms with van der Waals surface area (Å²) in [7, 11) is 0. The van der Waals surface area contributed by atoms with Crippen molar-refractivity contribution in [2.45, 2.75) is 52.2 Å². The fourth-order valence-corrected chi connectivity index (χ4v) is 2.91. The van der Waals surface area contributed by atoms with Crippen LogP contribution < -0.4 is 0 Å². The fraction of sp³-hybridized carbons (Fsp3) is 0.688. The van der Waals surface area contributed by atoms with Crippen molar-refractivity contribution < 1.29 is 9.53 Å². The Bertz CT molecular complexity index is 682. The smallest absolute Gasteiger partial charge is 0.291 e. The number of aromatic nitrogens is 6. The lowest BCUT2D eigenvalue weighted by Gasteiger charge is -2.39. The Balaban J connectivity index is 1.73. The zero-order chi connectivity index (χ0) is 17.8. The van der Waals surface area contributed by atoms with Gasteiger partial charge in [-0.25, -0.2) is 0 Å². The molecule has 0 unspecified atom stereocenters. The third-order valence-electron chi connectivity index (χ3n) is 4.43. The SMILES string of the molecule is CCCC[C@@H]1CN(C(=O)c2nc(-n3cnnc3)n[nH]2)C[C@H](C(C)C)O1. The predicted molar refractivity (Wildman–Crippen MR) is 90.2 cm³/mol. The molecule has 1 N–H and O–H groups in total. The number of H-pyrrole nitrogens is 1. The summed E-state index contributed by atoms with van der Waals surface area (Å²) in [6.07, 6.45) is 6.27. The van der Waals surface area contributed by atoms with Crippen molar-refractivity contribution in [3.05, 3.63) is 18.5 Å². The van der Waals surface area contributed by atoms with Crippen LogP contribution in [0.25, 0.3) is 5.95 Å². The van der Waals surface area contributed by atoms with Gasteiger partial charge in [0.15, 0.2) is 0 Å². The lowest BCUT2D eigenvalue weighted by molar-refractivity contribution is -0.0964. The van der Waals surface area contributed by atoms with Gasteiger partial charge in [-0.15, -0.1) is 15.3 Å². The summed E-state index contributed by atoms with van der Waals surface area (Å²) in [6.45, 7) is 7.56. The largest absolute Gasteiger partial charge is 0.371 e. The Hall–Kier alpha value is -2.29. The highest BCUT2D eigenvalue weighted by atomic mass is 16.5. The summed E-state index contributed by atoms with van der Waals surface area (Å²) in [5, 5.41) is 14.2. The van der Waals surface area contributed by atoms with Crippen molar-refractivity contribution in [2.75, 3.05) is 13.1 Å². The standard InChI is InChI=1S/C16H25N7O2/c1-4-5-6-12-7-22(8-13(25-12)11(2)3)15(24)14-19-16(21-20-14)23-9-17-18-10-23/h9-13H,4-8H2,1-3H3,(H,19,20,21)/t12-,13-/m1/s1. The van der Waals surface area contributed by atoms with Gasteiger partial charge < -0.3 is 9.64 Å². The number of nitrogens with one attached hydrogen (secondary N) is 1. The van der Waals surface area contributed by atoms with Gasteiger partial charge in [-0.3, -0.25) is 14.5 Å². The second kappa shape index (κ2) is 7.73. The lowest BCUT2D eigenvalue weighted by Crippen LogP contribution is -2.51. The predicted octanol–water partition coefficient (Wildman–Crippen LogP) is 1.44. The molecule has 0 aromatic carbocycles. The Morgan fingerprint density at radius 2 is 2.12 bits per heavy atom. The number of ether oxygens (including phenoxy) is 1. The molecule has 1 aliphatic rings. The van der Waals surface area contributed by atoms with Crippen molar-refractivity contribution in [3.8, 4) is 5.95 Å². The third-order valence-corrected chi connectivity index (χ3v) is 4.43. The Morgan fingerprint density at radius 3 is 2.80 bits per heavy atom. The van der Waals surface area contributed by atoms with Gasteiger partial charge in [0.25, 0.3) is 11.9 Å². The Kier molecular flexibility index (Phi) is 5.42. The normalized spacial score (nSPS) is 21.0. The molecule has 0 bridgehead atoms. The highest BCUT2D eigenvalue weighted by Gasteiger charge is 2.33. The molecule has 2 aromatic rings. The van der Waals surface area contributed by atoms with E-state index in [4.69, 9.17) is 4.74 Å². The van der Waals surface area contributed by atoms with E-state index in [2.05, 4.69) is 46.1 Å². The third kappa shape index (κ3) is 4.04. The molecule has 25 heavy (non-hydrogen) atoms. The average Bonchev–Trinajstić information content (AvgIpc) is 3.30. The molecule has 1 fully saturated rings. The van der Waals surface area contributed by atoms with Gasteiger partial charge in [0.05, 0.1) is 12.2 Å². The van der Waals surface area contributed by atoms with E-state index in [-0.39, 0.29) is 23.9 Å². The zero-order valence-corrected chi connectivity index (χ0v) is 14.9. The summed E-state index contributed by atoms with van der Waals surface area (Å²) in [6, 6.07) is 0. The first kappa shape index (κ1) is 17.5. The van der Waals surface area contributed by atoms with E-state index in [1.807, 2.05) is 4.90 Å². The van der Waals surface area contributed by atoms with E-state index in [0.717, 1.165) is 19.3 Å². The van der Waals surface area contributed by atoms with Gasteiger partial charge in [-0.2, -0.15) is 4.98 Å². The number of rotatable bonds is 6. The molecule has 0 saturated carbocycles. The topological polar surface area (TPSA) is 102 Å². The highest BCUT2D eigenvalue weighted by Crippen LogP contribution is 2.22. The van der Waals surface area contributed by atoms with Gasteiger partial charge in [0.2, 0.25) is 5.82 Å². The minimum absolute atomic E-state index is 0.0415. The first-order valence-corrected chi connectivity index (χ1v) is 8.80. The van der Waals surface area contributed by atoms with Crippen LogP contribution in [0.2, 0.25) is 0 Å². The van der Waals surface area contributed by atoms with Crippen LogP contribution in [-0.4, -0.2) is 66.1 Å². The van der Waals surface area contributed by atoms with Crippen LogP contribution in [0, 0.1) is 5.92 Å². The molecule has 9 nitrogen and oxygen atoms in total. The van der Waals surface area contributed by atoms with Crippen molar-refractivity contribution in [2.24, 2.45) is 5.92 Å². The van der Waals surface area contributed by atoms with Gasteiger partial charge in [-0.05, 0) is 12.3 Å². The van der Waals surface area contributed by atoms with Crippen LogP contribution in [0.5, 0.6) is 0 Å². The summed E-state index contributed by atoms with van der Waals surface area (Å²) in [5.74, 6) is 0.774. The Morgan fingerprint density at radius 1 is 1.36 bits per heavy atom. The number of hydrogen-bond donors (Lipinski definition) is 1. The van der Waals surface area contributed by atoms with Crippen LogP contribution in [-0.2, 0) is 4.74 Å². The number of carbonyl (C=O) groups excluding carboxylic acids is 1. The van der Waals surface area contributed by atoms with Crippen molar-refractivity contribution in [3.63, 3.8) is 0 Å². The van der Waals surface area contributed by atoms with E-state index in [1.165, 1.54) is 12.7 Å². The van der Waals surface area contributed by atoms with Crippen molar-refractivity contribution in [1.82, 2.24) is 34.8 Å². The van der Waals surface area contributed by atoms with Crippen LogP contribution in [0.3, 0.4) is 0 Å². The molecule has 1 aliphatic heterocycles. The van der Waals surface area contributed by atoms with E-state index < -0.39 is 0 Å². The molecule has 3 rings (SSSR count). The van der Waals surface area contributed by atoms with E-state index in [9.17, 15) is 4.79 Å². The van der Waals surface area contributed by atoms with E-state index >= 15 is 0 Å². The monoisotopic (exact) mass is 347 g/mol. The molecule has 0 spiro atoms. The number of unbranched alkanes of at least 4 members (excludes halogenated alkanes) is 1. The second-order valence-electron chi connectivity index (χ2n) is 6.75. The zero-order valence-electron chi connectivity index (χ0n) is 14.9. The number of nitrogens with zero attached hydrogens (tertiary/aromatic N) is 6. The summed E-state index contributed by atoms with van der Waals surface area (Å²) >= 11 is 0. The summed E-state index contributed by atoms with van der Waals surface area (Å²) in [5.41, 5.74) is 0. The molecule has 136 valence electrons. The molecule has 1 amide bonds. The first-order chi connectivity index (χ1) is 12.1. The average molecular weight is 347 g/mol. The maximum absolute atomic E-state index is 12.9. The second-order valence-corrected chi connectivity index (χ2v) is 6.75.